The van der Waals surface area contributed by atoms with E-state index in [2.05, 4.69) is 15.0 Å². The number of benzene rings is 1. The molecule has 0 aliphatic heterocycles. The summed E-state index contributed by atoms with van der Waals surface area (Å²) in [7, 11) is -1.70. The molecule has 0 aliphatic carbocycles. The molecule has 2 N–H and O–H groups in total. The third kappa shape index (κ3) is 3.37. The lowest BCUT2D eigenvalue weighted by molar-refractivity contribution is 0.248. The van der Waals surface area contributed by atoms with E-state index in [0.29, 0.717) is 9.86 Å². The van der Waals surface area contributed by atoms with Gasteiger partial charge in [0.05, 0.1) is 15.1 Å². The average Bonchev–Trinajstić information content (AvgIpc) is 2.76. The first-order valence-corrected chi connectivity index (χ1v) is 8.68. The van der Waals surface area contributed by atoms with Crippen LogP contribution in [0.25, 0.3) is 10.2 Å². The van der Waals surface area contributed by atoms with Crippen LogP contribution in [0, 0.1) is 0 Å². The number of carbonyl (C=O) groups is 1. The maximum atomic E-state index is 11.5. The molecule has 2 amide bonds. The molecule has 0 spiro atoms. The van der Waals surface area contributed by atoms with Gasteiger partial charge in [-0.1, -0.05) is 0 Å². The van der Waals surface area contributed by atoms with E-state index in [4.69, 9.17) is 0 Å². The second kappa shape index (κ2) is 5.35. The lowest BCUT2D eigenvalue weighted by Gasteiger charge is -1.98. The molecule has 1 aromatic carbocycles. The summed E-state index contributed by atoms with van der Waals surface area (Å²) in [6.07, 6.45) is 1.16. The number of nitrogens with zero attached hydrogens (tertiary/aromatic N) is 1. The fourth-order valence-electron chi connectivity index (χ4n) is 1.30. The molecule has 0 unspecified atom stereocenters. The van der Waals surface area contributed by atoms with Crippen LogP contribution in [0.4, 0.5) is 4.79 Å². The normalized spacial score (nSPS) is 11.5. The van der Waals surface area contributed by atoms with Crippen LogP contribution in [0.15, 0.2) is 27.4 Å². The first kappa shape index (κ1) is 14.1. The minimum Gasteiger partial charge on any atom is -0.341 e. The predicted octanol–water partition coefficient (Wildman–Crippen LogP) is 1.64. The van der Waals surface area contributed by atoms with E-state index < -0.39 is 9.84 Å². The fraction of sp³-hybridized carbons (Fsp3) is 0.200. The third-order valence-electron chi connectivity index (χ3n) is 2.23. The monoisotopic (exact) mass is 317 g/mol. The van der Waals surface area contributed by atoms with Gasteiger partial charge in [0.2, 0.25) is 0 Å². The molecule has 0 atom stereocenters. The van der Waals surface area contributed by atoms with Crippen molar-refractivity contribution in [1.29, 1.82) is 0 Å². The average molecular weight is 317 g/mol. The highest BCUT2D eigenvalue weighted by Gasteiger charge is 2.11. The van der Waals surface area contributed by atoms with Crippen LogP contribution in [-0.4, -0.2) is 32.7 Å². The Labute approximate surface area is 118 Å². The third-order valence-corrected chi connectivity index (χ3v) is 5.20. The van der Waals surface area contributed by atoms with Gasteiger partial charge in [0.1, 0.15) is 0 Å². The summed E-state index contributed by atoms with van der Waals surface area (Å²) in [5, 5.41) is 2.42. The van der Waals surface area contributed by atoms with Gasteiger partial charge in [0.25, 0.3) is 0 Å². The number of carbonyl (C=O) groups excluding carboxylic acids is 1. The Kier molecular flexibility index (Phi) is 3.97. The van der Waals surface area contributed by atoms with E-state index in [1.165, 1.54) is 24.5 Å². The highest BCUT2D eigenvalue weighted by molar-refractivity contribution is 7.99. The van der Waals surface area contributed by atoms with Crippen molar-refractivity contribution in [2.45, 2.75) is 9.24 Å². The largest absolute Gasteiger partial charge is 0.341 e. The fourth-order valence-corrected chi connectivity index (χ4v) is 3.74. The number of hydrogen-bond acceptors (Lipinski definition) is 6. The van der Waals surface area contributed by atoms with E-state index in [9.17, 15) is 13.2 Å². The van der Waals surface area contributed by atoms with Gasteiger partial charge in [-0.3, -0.25) is 4.72 Å². The smallest absolute Gasteiger partial charge is 0.324 e. The minimum atomic E-state index is -3.22. The molecule has 2 rings (SSSR count). The van der Waals surface area contributed by atoms with Crippen LogP contribution in [0.1, 0.15) is 0 Å². The van der Waals surface area contributed by atoms with E-state index in [0.717, 1.165) is 22.9 Å². The molecule has 2 aromatic rings. The summed E-state index contributed by atoms with van der Waals surface area (Å²) in [5.74, 6) is 0. The summed E-state index contributed by atoms with van der Waals surface area (Å²) in [6.45, 7) is 0. The molecule has 9 heteroatoms. The quantitative estimate of drug-likeness (QED) is 0.840. The summed E-state index contributed by atoms with van der Waals surface area (Å²) in [5.41, 5.74) is 0.707. The number of urea groups is 1. The Morgan fingerprint density at radius 3 is 2.79 bits per heavy atom. The number of sulfone groups is 1. The zero-order valence-corrected chi connectivity index (χ0v) is 12.6. The van der Waals surface area contributed by atoms with Crippen molar-refractivity contribution in [3.05, 3.63) is 18.2 Å². The van der Waals surface area contributed by atoms with Crippen LogP contribution in [-0.2, 0) is 9.84 Å². The van der Waals surface area contributed by atoms with Crippen molar-refractivity contribution in [3.63, 3.8) is 0 Å². The van der Waals surface area contributed by atoms with E-state index in [-0.39, 0.29) is 10.9 Å². The molecule has 0 aliphatic rings. The van der Waals surface area contributed by atoms with Gasteiger partial charge in [0, 0.05) is 25.3 Å². The van der Waals surface area contributed by atoms with Crippen LogP contribution in [0.3, 0.4) is 0 Å². The van der Waals surface area contributed by atoms with E-state index >= 15 is 0 Å². The van der Waals surface area contributed by atoms with Gasteiger partial charge in [-0.05, 0) is 18.2 Å². The van der Waals surface area contributed by atoms with Crippen molar-refractivity contribution < 1.29 is 13.2 Å². The lowest BCUT2D eigenvalue weighted by atomic mass is 10.3. The highest BCUT2D eigenvalue weighted by atomic mass is 32.2. The molecule has 0 radical (unpaired) electrons. The zero-order valence-electron chi connectivity index (χ0n) is 10.1. The molecular weight excluding hydrogens is 306 g/mol. The lowest BCUT2D eigenvalue weighted by Crippen LogP contribution is -2.27. The summed E-state index contributed by atoms with van der Waals surface area (Å²) < 4.78 is 26.9. The van der Waals surface area contributed by atoms with Crippen molar-refractivity contribution in [2.75, 3.05) is 13.3 Å². The maximum Gasteiger partial charge on any atom is 0.324 e. The zero-order chi connectivity index (χ0) is 14.0. The van der Waals surface area contributed by atoms with Gasteiger partial charge in [0.15, 0.2) is 14.2 Å². The minimum absolute atomic E-state index is 0.263. The Bertz CT molecular complexity index is 724. The first-order valence-electron chi connectivity index (χ1n) is 5.15. The second-order valence-corrected chi connectivity index (χ2v) is 7.76. The maximum absolute atomic E-state index is 11.5. The summed E-state index contributed by atoms with van der Waals surface area (Å²) >= 11 is 2.41. The van der Waals surface area contributed by atoms with Crippen LogP contribution < -0.4 is 10.0 Å². The highest BCUT2D eigenvalue weighted by Crippen LogP contribution is 2.29. The van der Waals surface area contributed by atoms with E-state index in [1.807, 2.05) is 0 Å². The molecule has 0 fully saturated rings. The van der Waals surface area contributed by atoms with Crippen LogP contribution in [0.5, 0.6) is 0 Å². The van der Waals surface area contributed by atoms with Crippen molar-refractivity contribution in [1.82, 2.24) is 15.0 Å². The number of hydrogen-bond donors (Lipinski definition) is 2. The molecule has 0 bridgehead atoms. The number of nitrogens with one attached hydrogen (secondary N) is 2. The number of amides is 2. The van der Waals surface area contributed by atoms with Gasteiger partial charge in [-0.25, -0.2) is 18.2 Å². The molecule has 19 heavy (non-hydrogen) atoms. The number of thiazole rings is 1. The number of aromatic nitrogens is 1. The summed E-state index contributed by atoms with van der Waals surface area (Å²) in [6, 6.07) is 4.46. The molecule has 6 nitrogen and oxygen atoms in total. The molecule has 1 heterocycles. The summed E-state index contributed by atoms with van der Waals surface area (Å²) in [4.78, 5) is 15.6. The van der Waals surface area contributed by atoms with Crippen LogP contribution in [0.2, 0.25) is 0 Å². The Hall–Kier alpha value is -1.32. The van der Waals surface area contributed by atoms with Crippen molar-refractivity contribution in [3.8, 4) is 0 Å². The number of fused-ring (bicyclic) bond motifs is 1. The van der Waals surface area contributed by atoms with Gasteiger partial charge >= 0.3 is 6.03 Å². The first-order chi connectivity index (χ1) is 8.90. The molecule has 0 saturated carbocycles. The molecule has 1 aromatic heterocycles. The topological polar surface area (TPSA) is 88.2 Å². The Morgan fingerprint density at radius 2 is 2.16 bits per heavy atom. The standard InChI is InChI=1S/C10H11N3O3S3/c1-11-9(14)13-18-10-12-7-4-3-6(19(2,15)16)5-8(7)17-10/h3-5H,1-2H3,(H2,11,13,14). The van der Waals surface area contributed by atoms with Gasteiger partial charge in [-0.2, -0.15) is 0 Å². The van der Waals surface area contributed by atoms with Gasteiger partial charge < -0.3 is 5.32 Å². The second-order valence-electron chi connectivity index (χ2n) is 3.66. The molecule has 102 valence electrons. The molecule has 0 saturated heterocycles. The Morgan fingerprint density at radius 1 is 1.42 bits per heavy atom. The van der Waals surface area contributed by atoms with Crippen molar-refractivity contribution in [2.24, 2.45) is 0 Å². The van der Waals surface area contributed by atoms with Crippen molar-refractivity contribution >= 4 is 49.4 Å². The van der Waals surface area contributed by atoms with Gasteiger partial charge in [-0.15, -0.1) is 11.3 Å². The van der Waals surface area contributed by atoms with Crippen LogP contribution >= 0.6 is 23.3 Å². The molecular formula is C10H11N3O3S3. The number of rotatable bonds is 3. The Balaban J connectivity index is 2.28. The SMILES string of the molecule is CNC(=O)NSc1nc2ccc(S(C)(=O)=O)cc2s1. The van der Waals surface area contributed by atoms with E-state index in [1.54, 1.807) is 12.1 Å². The predicted molar refractivity (Wildman–Crippen MR) is 76.2 cm³/mol.